The number of rotatable bonds is 6. The van der Waals surface area contributed by atoms with Gasteiger partial charge in [0.2, 0.25) is 0 Å². The summed E-state index contributed by atoms with van der Waals surface area (Å²) >= 11 is 1.21. The topological polar surface area (TPSA) is 104 Å². The first kappa shape index (κ1) is 20.0. The summed E-state index contributed by atoms with van der Waals surface area (Å²) in [5.74, 6) is -1.33. The molecule has 4 aromatic rings. The van der Waals surface area contributed by atoms with Gasteiger partial charge in [-0.25, -0.2) is 9.59 Å². The normalized spacial score (nSPS) is 12.0. The highest BCUT2D eigenvalue weighted by molar-refractivity contribution is 7.18. The number of anilines is 2. The van der Waals surface area contributed by atoms with Gasteiger partial charge < -0.3 is 15.2 Å². The molecule has 0 bridgehead atoms. The predicted molar refractivity (Wildman–Crippen MR) is 122 cm³/mol. The number of nitrogens with zero attached hydrogens (tertiary/aromatic N) is 1. The lowest BCUT2D eigenvalue weighted by atomic mass is 9.91. The monoisotopic (exact) mass is 445 g/mol. The molecule has 5 rings (SSSR count). The highest BCUT2D eigenvalue weighted by Crippen LogP contribution is 2.45. The van der Waals surface area contributed by atoms with E-state index in [1.54, 1.807) is 30.5 Å². The van der Waals surface area contributed by atoms with E-state index in [-0.39, 0.29) is 6.61 Å². The molecule has 2 aromatic heterocycles. The summed E-state index contributed by atoms with van der Waals surface area (Å²) < 4.78 is 5.37. The van der Waals surface area contributed by atoms with Crippen LogP contribution in [0.4, 0.5) is 10.7 Å². The van der Waals surface area contributed by atoms with Gasteiger partial charge in [-0.2, -0.15) is 5.10 Å². The first-order valence-electron chi connectivity index (χ1n) is 10.1. The number of carboxylic acid groups (broad SMARTS) is 1. The third kappa shape index (κ3) is 3.76. The number of esters is 1. The predicted octanol–water partition coefficient (Wildman–Crippen LogP) is 5.04. The molecule has 2 aromatic carbocycles. The third-order valence-electron chi connectivity index (χ3n) is 5.40. The summed E-state index contributed by atoms with van der Waals surface area (Å²) in [6, 6.07) is 16.4. The van der Waals surface area contributed by atoms with Crippen LogP contribution in [-0.2, 0) is 24.2 Å². The van der Waals surface area contributed by atoms with E-state index in [0.717, 1.165) is 45.1 Å². The molecule has 0 spiro atoms. The molecule has 1 aliphatic carbocycles. The van der Waals surface area contributed by atoms with Crippen LogP contribution >= 0.6 is 11.3 Å². The molecule has 0 atom stereocenters. The summed E-state index contributed by atoms with van der Waals surface area (Å²) in [6.45, 7) is 0.214. The van der Waals surface area contributed by atoms with Gasteiger partial charge in [0, 0.05) is 11.3 Å². The van der Waals surface area contributed by atoms with Crippen LogP contribution in [0.2, 0.25) is 0 Å². The van der Waals surface area contributed by atoms with Gasteiger partial charge in [-0.3, -0.25) is 5.10 Å². The number of aromatic amines is 1. The number of fused-ring (bicyclic) bond motifs is 3. The van der Waals surface area contributed by atoms with E-state index in [1.165, 1.54) is 11.3 Å². The van der Waals surface area contributed by atoms with Crippen molar-refractivity contribution in [1.29, 1.82) is 0 Å². The zero-order valence-electron chi connectivity index (χ0n) is 16.9. The molecule has 0 amide bonds. The first-order valence-corrected chi connectivity index (χ1v) is 10.9. The molecule has 0 fully saturated rings. The maximum absolute atomic E-state index is 12.3. The Labute approximate surface area is 187 Å². The molecular weight excluding hydrogens is 426 g/mol. The lowest BCUT2D eigenvalue weighted by molar-refractivity contribution is 0.0472. The number of H-pyrrole nitrogens is 1. The molecule has 0 saturated carbocycles. The van der Waals surface area contributed by atoms with Gasteiger partial charge in [0.05, 0.1) is 17.5 Å². The van der Waals surface area contributed by atoms with Crippen LogP contribution in [0.1, 0.15) is 36.7 Å². The minimum absolute atomic E-state index is 0.214. The van der Waals surface area contributed by atoms with Crippen molar-refractivity contribution in [3.8, 4) is 11.3 Å². The van der Waals surface area contributed by atoms with Gasteiger partial charge in [0.15, 0.2) is 0 Å². The number of thiophene rings is 1. The van der Waals surface area contributed by atoms with Crippen LogP contribution in [-0.4, -0.2) is 27.2 Å². The summed E-state index contributed by atoms with van der Waals surface area (Å²) in [6.07, 6.45) is 3.21. The number of carbonyl (C=O) groups is 2. The van der Waals surface area contributed by atoms with E-state index in [1.807, 2.05) is 30.3 Å². The fraction of sp³-hybridized carbons (Fsp3) is 0.125. The maximum Gasteiger partial charge on any atom is 0.346 e. The number of aromatic carboxylic acids is 1. The molecule has 2 heterocycles. The number of hydrogen-bond acceptors (Lipinski definition) is 6. The number of nitrogens with one attached hydrogen (secondary N) is 2. The first-order chi connectivity index (χ1) is 15.6. The van der Waals surface area contributed by atoms with Gasteiger partial charge in [-0.15, -0.1) is 11.3 Å². The Morgan fingerprint density at radius 1 is 1.09 bits per heavy atom. The molecule has 7 nitrogen and oxygen atoms in total. The van der Waals surface area contributed by atoms with E-state index in [4.69, 9.17) is 4.74 Å². The van der Waals surface area contributed by atoms with E-state index in [2.05, 4.69) is 15.5 Å². The van der Waals surface area contributed by atoms with Gasteiger partial charge in [0.25, 0.3) is 0 Å². The Morgan fingerprint density at radius 3 is 2.62 bits per heavy atom. The van der Waals surface area contributed by atoms with Gasteiger partial charge >= 0.3 is 11.9 Å². The van der Waals surface area contributed by atoms with Gasteiger partial charge in [0.1, 0.15) is 16.5 Å². The molecule has 0 aliphatic heterocycles. The fourth-order valence-electron chi connectivity index (χ4n) is 3.83. The highest BCUT2D eigenvalue weighted by Gasteiger charge is 2.29. The van der Waals surface area contributed by atoms with Crippen molar-refractivity contribution in [3.63, 3.8) is 0 Å². The Bertz CT molecular complexity index is 1290. The Balaban J connectivity index is 1.35. The summed E-state index contributed by atoms with van der Waals surface area (Å²) in [4.78, 5) is 24.5. The van der Waals surface area contributed by atoms with Crippen molar-refractivity contribution in [1.82, 2.24) is 10.2 Å². The Hall–Kier alpha value is -3.91. The van der Waals surface area contributed by atoms with Crippen molar-refractivity contribution >= 4 is 34.0 Å². The highest BCUT2D eigenvalue weighted by atomic mass is 32.1. The Kier molecular flexibility index (Phi) is 5.20. The SMILES string of the molecule is O=C(OCc1ccccc1)c1ccc(Nc2sc(C(=O)O)c3c2-c2[nH]ncc2CC3)cc1. The number of ether oxygens (including phenoxy) is 1. The average molecular weight is 446 g/mol. The number of aromatic nitrogens is 2. The molecule has 8 heteroatoms. The zero-order chi connectivity index (χ0) is 22.1. The molecule has 160 valence electrons. The molecule has 32 heavy (non-hydrogen) atoms. The second kappa shape index (κ2) is 8.32. The Morgan fingerprint density at radius 2 is 1.88 bits per heavy atom. The molecule has 0 unspecified atom stereocenters. The second-order valence-corrected chi connectivity index (χ2v) is 8.47. The lowest BCUT2D eigenvalue weighted by Crippen LogP contribution is -2.06. The number of benzene rings is 2. The molecule has 1 aliphatic rings. The smallest absolute Gasteiger partial charge is 0.346 e. The van der Waals surface area contributed by atoms with Crippen molar-refractivity contribution in [2.75, 3.05) is 5.32 Å². The number of carbonyl (C=O) groups excluding carboxylic acids is 1. The summed E-state index contributed by atoms with van der Waals surface area (Å²) in [5, 5.41) is 20.8. The quantitative estimate of drug-likeness (QED) is 0.359. The van der Waals surface area contributed by atoms with Crippen LogP contribution in [0, 0.1) is 0 Å². The number of hydrogen-bond donors (Lipinski definition) is 3. The fourth-order valence-corrected chi connectivity index (χ4v) is 4.95. The average Bonchev–Trinajstić information content (AvgIpc) is 3.43. The van der Waals surface area contributed by atoms with Crippen LogP contribution in [0.3, 0.4) is 0 Å². The van der Waals surface area contributed by atoms with Crippen molar-refractivity contribution in [2.45, 2.75) is 19.4 Å². The minimum Gasteiger partial charge on any atom is -0.477 e. The van der Waals surface area contributed by atoms with Crippen LogP contribution in [0.25, 0.3) is 11.3 Å². The second-order valence-electron chi connectivity index (χ2n) is 7.45. The minimum atomic E-state index is -0.932. The van der Waals surface area contributed by atoms with Crippen molar-refractivity contribution in [2.24, 2.45) is 0 Å². The van der Waals surface area contributed by atoms with E-state index >= 15 is 0 Å². The van der Waals surface area contributed by atoms with Crippen LogP contribution in [0.15, 0.2) is 60.8 Å². The standard InChI is InChI=1S/C24H19N3O4S/c28-23(29)21-18-11-8-16-12-25-27-20(16)19(18)22(32-21)26-17-9-6-15(7-10-17)24(30)31-13-14-4-2-1-3-5-14/h1-7,9-10,12,26H,8,11,13H2,(H,25,27)(H,28,29). The van der Waals surface area contributed by atoms with E-state index in [0.29, 0.717) is 16.9 Å². The largest absolute Gasteiger partial charge is 0.477 e. The van der Waals surface area contributed by atoms with Crippen molar-refractivity contribution in [3.05, 3.63) is 87.9 Å². The third-order valence-corrected chi connectivity index (χ3v) is 6.54. The summed E-state index contributed by atoms with van der Waals surface area (Å²) in [5.41, 5.74) is 5.73. The number of carboxylic acids is 1. The van der Waals surface area contributed by atoms with Crippen LogP contribution in [0.5, 0.6) is 0 Å². The summed E-state index contributed by atoms with van der Waals surface area (Å²) in [7, 11) is 0. The molecular formula is C24H19N3O4S. The van der Waals surface area contributed by atoms with E-state index < -0.39 is 11.9 Å². The van der Waals surface area contributed by atoms with Crippen LogP contribution < -0.4 is 5.32 Å². The maximum atomic E-state index is 12.3. The number of aryl methyl sites for hydroxylation is 1. The van der Waals surface area contributed by atoms with Gasteiger partial charge in [-0.1, -0.05) is 30.3 Å². The van der Waals surface area contributed by atoms with E-state index in [9.17, 15) is 14.7 Å². The lowest BCUT2D eigenvalue weighted by Gasteiger charge is -2.15. The zero-order valence-corrected chi connectivity index (χ0v) is 17.7. The van der Waals surface area contributed by atoms with Gasteiger partial charge in [-0.05, 0) is 53.8 Å². The van der Waals surface area contributed by atoms with Crippen molar-refractivity contribution < 1.29 is 19.4 Å². The molecule has 0 saturated heterocycles. The molecule has 3 N–H and O–H groups in total. The molecule has 0 radical (unpaired) electrons.